The minimum Gasteiger partial charge on any atom is -0.494 e. The summed E-state index contributed by atoms with van der Waals surface area (Å²) in [4.78, 5) is 12.4. The first-order valence-corrected chi connectivity index (χ1v) is 10.5. The second-order valence-corrected chi connectivity index (χ2v) is 7.54. The van der Waals surface area contributed by atoms with Crippen molar-refractivity contribution in [2.45, 2.75) is 45.8 Å². The van der Waals surface area contributed by atoms with Crippen LogP contribution in [0.15, 0.2) is 59.0 Å². The molecule has 156 valence electrons. The minimum atomic E-state index is -0.0232. The highest BCUT2D eigenvalue weighted by atomic mass is 16.5. The highest BCUT2D eigenvalue weighted by Gasteiger charge is 2.22. The molecule has 1 atom stereocenters. The van der Waals surface area contributed by atoms with E-state index in [1.165, 1.54) is 0 Å². The van der Waals surface area contributed by atoms with Gasteiger partial charge in [0.1, 0.15) is 29.1 Å². The lowest BCUT2D eigenvalue weighted by atomic mass is 10.1. The van der Waals surface area contributed by atoms with Crippen LogP contribution in [-0.4, -0.2) is 18.6 Å². The van der Waals surface area contributed by atoms with Gasteiger partial charge in [-0.25, -0.2) is 0 Å². The SMILES string of the molecule is CCOc1cc2c(cc1CNC(=O)CCc1ccc(-c3ccccc3)o1)OC(C)C2. The summed E-state index contributed by atoms with van der Waals surface area (Å²) in [6.07, 6.45) is 1.98. The molecule has 0 fully saturated rings. The van der Waals surface area contributed by atoms with E-state index >= 15 is 0 Å². The average molecular weight is 405 g/mol. The molecule has 0 saturated heterocycles. The van der Waals surface area contributed by atoms with Crippen molar-refractivity contribution in [1.29, 1.82) is 0 Å². The molecule has 5 nitrogen and oxygen atoms in total. The fraction of sp³-hybridized carbons (Fsp3) is 0.320. The molecule has 3 aromatic rings. The molecular formula is C25H27NO4. The fourth-order valence-corrected chi connectivity index (χ4v) is 3.70. The number of carbonyl (C=O) groups excluding carboxylic acids is 1. The summed E-state index contributed by atoms with van der Waals surface area (Å²) in [5.74, 6) is 3.30. The molecule has 1 N–H and O–H groups in total. The number of ether oxygens (including phenoxy) is 2. The quantitative estimate of drug-likeness (QED) is 0.578. The Hall–Kier alpha value is -3.21. The standard InChI is InChI=1S/C25H27NO4/c1-3-28-23-14-19-13-17(2)29-24(19)15-20(23)16-26-25(27)12-10-21-9-11-22(30-21)18-7-5-4-6-8-18/h4-9,11,14-15,17H,3,10,12-13,16H2,1-2H3,(H,26,27). The smallest absolute Gasteiger partial charge is 0.220 e. The van der Waals surface area contributed by atoms with Gasteiger partial charge in [0, 0.05) is 42.5 Å². The Kier molecular flexibility index (Phi) is 6.07. The third kappa shape index (κ3) is 4.67. The van der Waals surface area contributed by atoms with E-state index in [0.29, 0.717) is 26.0 Å². The van der Waals surface area contributed by atoms with Gasteiger partial charge in [-0.1, -0.05) is 30.3 Å². The predicted molar refractivity (Wildman–Crippen MR) is 116 cm³/mol. The number of amides is 1. The Morgan fingerprint density at radius 3 is 2.80 bits per heavy atom. The minimum absolute atomic E-state index is 0.0232. The molecular weight excluding hydrogens is 378 g/mol. The van der Waals surface area contributed by atoms with Crippen LogP contribution in [0.5, 0.6) is 11.5 Å². The Labute approximate surface area is 177 Å². The summed E-state index contributed by atoms with van der Waals surface area (Å²) >= 11 is 0. The molecule has 0 aliphatic carbocycles. The molecule has 0 saturated carbocycles. The van der Waals surface area contributed by atoms with Gasteiger partial charge in [0.25, 0.3) is 0 Å². The second kappa shape index (κ2) is 9.08. The maximum absolute atomic E-state index is 12.4. The summed E-state index contributed by atoms with van der Waals surface area (Å²) in [6.45, 7) is 5.01. The molecule has 1 unspecified atom stereocenters. The van der Waals surface area contributed by atoms with Crippen molar-refractivity contribution in [2.75, 3.05) is 6.61 Å². The van der Waals surface area contributed by atoms with Crippen molar-refractivity contribution in [2.24, 2.45) is 0 Å². The van der Waals surface area contributed by atoms with Crippen molar-refractivity contribution < 1.29 is 18.7 Å². The zero-order valence-electron chi connectivity index (χ0n) is 17.4. The molecule has 1 amide bonds. The average Bonchev–Trinajstić information content (AvgIpc) is 3.37. The predicted octanol–water partition coefficient (Wildman–Crippen LogP) is 4.92. The van der Waals surface area contributed by atoms with E-state index in [4.69, 9.17) is 13.9 Å². The molecule has 0 bridgehead atoms. The summed E-state index contributed by atoms with van der Waals surface area (Å²) in [5, 5.41) is 2.99. The van der Waals surface area contributed by atoms with Gasteiger partial charge in [0.05, 0.1) is 6.61 Å². The van der Waals surface area contributed by atoms with Crippen LogP contribution in [0.2, 0.25) is 0 Å². The van der Waals surface area contributed by atoms with Crippen molar-refractivity contribution in [3.8, 4) is 22.8 Å². The molecule has 5 heteroatoms. The Bertz CT molecular complexity index is 1010. The van der Waals surface area contributed by atoms with Gasteiger partial charge >= 0.3 is 0 Å². The zero-order valence-corrected chi connectivity index (χ0v) is 17.4. The molecule has 30 heavy (non-hydrogen) atoms. The Balaban J connectivity index is 1.33. The van der Waals surface area contributed by atoms with E-state index < -0.39 is 0 Å². The molecule has 1 aliphatic rings. The van der Waals surface area contributed by atoms with Crippen LogP contribution in [0.3, 0.4) is 0 Å². The number of nitrogens with one attached hydrogen (secondary N) is 1. The summed E-state index contributed by atoms with van der Waals surface area (Å²) in [7, 11) is 0. The number of carbonyl (C=O) groups is 1. The van der Waals surface area contributed by atoms with Gasteiger partial charge in [0.15, 0.2) is 0 Å². The lowest BCUT2D eigenvalue weighted by molar-refractivity contribution is -0.121. The maximum atomic E-state index is 12.4. The largest absolute Gasteiger partial charge is 0.494 e. The molecule has 1 aromatic heterocycles. The zero-order chi connectivity index (χ0) is 20.9. The lowest BCUT2D eigenvalue weighted by Crippen LogP contribution is -2.23. The van der Waals surface area contributed by atoms with Crippen LogP contribution in [0, 0.1) is 0 Å². The van der Waals surface area contributed by atoms with E-state index in [-0.39, 0.29) is 12.0 Å². The monoisotopic (exact) mass is 405 g/mol. The Morgan fingerprint density at radius 1 is 1.17 bits per heavy atom. The molecule has 0 spiro atoms. The number of hydrogen-bond donors (Lipinski definition) is 1. The fourth-order valence-electron chi connectivity index (χ4n) is 3.70. The van der Waals surface area contributed by atoms with Gasteiger partial charge in [-0.2, -0.15) is 0 Å². The molecule has 4 rings (SSSR count). The van der Waals surface area contributed by atoms with Crippen molar-refractivity contribution >= 4 is 5.91 Å². The first-order chi connectivity index (χ1) is 14.6. The first-order valence-electron chi connectivity index (χ1n) is 10.5. The molecule has 2 aromatic carbocycles. The summed E-state index contributed by atoms with van der Waals surface area (Å²) < 4.78 is 17.5. The topological polar surface area (TPSA) is 60.7 Å². The second-order valence-electron chi connectivity index (χ2n) is 7.54. The third-order valence-corrected chi connectivity index (χ3v) is 5.17. The summed E-state index contributed by atoms with van der Waals surface area (Å²) in [5.41, 5.74) is 3.13. The number of hydrogen-bond acceptors (Lipinski definition) is 4. The third-order valence-electron chi connectivity index (χ3n) is 5.17. The highest BCUT2D eigenvalue weighted by Crippen LogP contribution is 2.35. The van der Waals surface area contributed by atoms with Crippen LogP contribution >= 0.6 is 0 Å². The lowest BCUT2D eigenvalue weighted by Gasteiger charge is -2.13. The summed E-state index contributed by atoms with van der Waals surface area (Å²) in [6, 6.07) is 17.9. The first kappa shape index (κ1) is 20.1. The van der Waals surface area contributed by atoms with E-state index in [9.17, 15) is 4.79 Å². The maximum Gasteiger partial charge on any atom is 0.220 e. The van der Waals surface area contributed by atoms with Gasteiger partial charge in [-0.3, -0.25) is 4.79 Å². The van der Waals surface area contributed by atoms with Gasteiger partial charge in [-0.15, -0.1) is 0 Å². The number of aryl methyl sites for hydroxylation is 1. The molecule has 2 heterocycles. The van der Waals surface area contributed by atoms with Crippen LogP contribution in [0.4, 0.5) is 0 Å². The van der Waals surface area contributed by atoms with Crippen LogP contribution in [0.1, 0.15) is 37.2 Å². The van der Waals surface area contributed by atoms with E-state index in [1.54, 1.807) is 0 Å². The van der Waals surface area contributed by atoms with Gasteiger partial charge < -0.3 is 19.2 Å². The van der Waals surface area contributed by atoms with Crippen LogP contribution in [-0.2, 0) is 24.2 Å². The number of rotatable bonds is 8. The number of benzene rings is 2. The van der Waals surface area contributed by atoms with Gasteiger partial charge in [0.2, 0.25) is 5.91 Å². The highest BCUT2D eigenvalue weighted by molar-refractivity contribution is 5.76. The van der Waals surface area contributed by atoms with Crippen LogP contribution < -0.4 is 14.8 Å². The van der Waals surface area contributed by atoms with E-state index in [0.717, 1.165) is 46.1 Å². The van der Waals surface area contributed by atoms with Crippen molar-refractivity contribution in [3.63, 3.8) is 0 Å². The normalized spacial score (nSPS) is 14.8. The number of furan rings is 1. The van der Waals surface area contributed by atoms with Crippen molar-refractivity contribution in [3.05, 3.63) is 71.5 Å². The number of fused-ring (bicyclic) bond motifs is 1. The molecule has 0 radical (unpaired) electrons. The van der Waals surface area contributed by atoms with E-state index in [2.05, 4.69) is 12.2 Å². The van der Waals surface area contributed by atoms with Gasteiger partial charge in [-0.05, 0) is 38.1 Å². The van der Waals surface area contributed by atoms with Crippen molar-refractivity contribution in [1.82, 2.24) is 5.32 Å². The van der Waals surface area contributed by atoms with E-state index in [1.807, 2.05) is 61.5 Å². The molecule has 1 aliphatic heterocycles. The Morgan fingerprint density at radius 2 is 2.00 bits per heavy atom. The van der Waals surface area contributed by atoms with Crippen LogP contribution in [0.25, 0.3) is 11.3 Å².